The number of unbranched alkanes of at least 4 members (excludes halogenated alkanes) is 5. The molecule has 0 aliphatic heterocycles. The largest absolute Gasteiger partial charge is 0.350 e. The van der Waals surface area contributed by atoms with E-state index in [0.717, 1.165) is 19.8 Å². The zero-order chi connectivity index (χ0) is 17.6. The Hall–Kier alpha value is -0.120. The molecule has 0 aromatic heterocycles. The molecule has 0 aliphatic carbocycles. The van der Waals surface area contributed by atoms with Gasteiger partial charge in [-0.3, -0.25) is 0 Å². The summed E-state index contributed by atoms with van der Waals surface area (Å²) in [4.78, 5) is 2.26. The standard InChI is InChI=1S/C20H43NO2/c1-7-10-11-12-13-14-16-19(17-15-18-21(5)6)20(4,22-8-2)23-9-3/h19H,7-18H2,1-6H3. The topological polar surface area (TPSA) is 21.7 Å². The van der Waals surface area contributed by atoms with Crippen LogP contribution < -0.4 is 0 Å². The SMILES string of the molecule is CCCCCCCCC(CCCN(C)C)C(C)(OCC)OCC. The van der Waals surface area contributed by atoms with E-state index < -0.39 is 5.79 Å². The van der Waals surface area contributed by atoms with Crippen molar-refractivity contribution in [3.8, 4) is 0 Å². The zero-order valence-electron chi connectivity index (χ0n) is 16.8. The minimum Gasteiger partial charge on any atom is -0.350 e. The molecule has 0 aliphatic rings. The maximum Gasteiger partial charge on any atom is 0.168 e. The average Bonchev–Trinajstić information content (AvgIpc) is 2.49. The third-order valence-electron chi connectivity index (χ3n) is 4.67. The first kappa shape index (κ1) is 22.9. The van der Waals surface area contributed by atoms with E-state index in [1.165, 1.54) is 57.8 Å². The lowest BCUT2D eigenvalue weighted by Crippen LogP contribution is -2.41. The molecule has 0 heterocycles. The fraction of sp³-hybridized carbons (Fsp3) is 1.00. The van der Waals surface area contributed by atoms with Gasteiger partial charge in [0.1, 0.15) is 0 Å². The second-order valence-corrected chi connectivity index (χ2v) is 7.08. The van der Waals surface area contributed by atoms with E-state index in [-0.39, 0.29) is 0 Å². The number of nitrogens with zero attached hydrogens (tertiary/aromatic N) is 1. The van der Waals surface area contributed by atoms with Gasteiger partial charge in [-0.25, -0.2) is 0 Å². The van der Waals surface area contributed by atoms with Crippen LogP contribution in [0.1, 0.15) is 85.5 Å². The molecule has 1 atom stereocenters. The molecule has 0 spiro atoms. The van der Waals surface area contributed by atoms with Crippen LogP contribution in [0.15, 0.2) is 0 Å². The second kappa shape index (κ2) is 14.2. The first-order valence-corrected chi connectivity index (χ1v) is 9.92. The van der Waals surface area contributed by atoms with Crippen LogP contribution in [-0.4, -0.2) is 44.5 Å². The van der Waals surface area contributed by atoms with Crippen molar-refractivity contribution in [1.82, 2.24) is 4.90 Å². The molecule has 23 heavy (non-hydrogen) atoms. The van der Waals surface area contributed by atoms with E-state index in [9.17, 15) is 0 Å². The molecule has 140 valence electrons. The van der Waals surface area contributed by atoms with E-state index in [1.807, 2.05) is 0 Å². The van der Waals surface area contributed by atoms with E-state index >= 15 is 0 Å². The summed E-state index contributed by atoms with van der Waals surface area (Å²) < 4.78 is 12.1. The molecular weight excluding hydrogens is 286 g/mol. The monoisotopic (exact) mass is 329 g/mol. The maximum atomic E-state index is 6.05. The summed E-state index contributed by atoms with van der Waals surface area (Å²) in [7, 11) is 4.29. The second-order valence-electron chi connectivity index (χ2n) is 7.08. The third kappa shape index (κ3) is 11.1. The minimum atomic E-state index is -0.417. The van der Waals surface area contributed by atoms with Crippen molar-refractivity contribution in [3.05, 3.63) is 0 Å². The molecule has 0 N–H and O–H groups in total. The summed E-state index contributed by atoms with van der Waals surface area (Å²) >= 11 is 0. The lowest BCUT2D eigenvalue weighted by atomic mass is 9.88. The Morgan fingerprint density at radius 2 is 1.30 bits per heavy atom. The smallest absolute Gasteiger partial charge is 0.168 e. The van der Waals surface area contributed by atoms with Gasteiger partial charge >= 0.3 is 0 Å². The van der Waals surface area contributed by atoms with E-state index in [4.69, 9.17) is 9.47 Å². The van der Waals surface area contributed by atoms with Crippen molar-refractivity contribution in [2.75, 3.05) is 33.9 Å². The van der Waals surface area contributed by atoms with Crippen molar-refractivity contribution >= 4 is 0 Å². The number of hydrogen-bond acceptors (Lipinski definition) is 3. The summed E-state index contributed by atoms with van der Waals surface area (Å²) in [5.41, 5.74) is 0. The van der Waals surface area contributed by atoms with Crippen LogP contribution in [0.5, 0.6) is 0 Å². The van der Waals surface area contributed by atoms with Crippen LogP contribution in [-0.2, 0) is 9.47 Å². The fourth-order valence-corrected chi connectivity index (χ4v) is 3.34. The van der Waals surface area contributed by atoms with Gasteiger partial charge in [-0.1, -0.05) is 45.4 Å². The van der Waals surface area contributed by atoms with Gasteiger partial charge < -0.3 is 14.4 Å². The third-order valence-corrected chi connectivity index (χ3v) is 4.67. The molecule has 0 rings (SSSR count). The van der Waals surface area contributed by atoms with Crippen molar-refractivity contribution in [1.29, 1.82) is 0 Å². The van der Waals surface area contributed by atoms with Gasteiger partial charge in [0, 0.05) is 19.1 Å². The molecular formula is C20H43NO2. The first-order valence-electron chi connectivity index (χ1n) is 9.92. The highest BCUT2D eigenvalue weighted by Gasteiger charge is 2.34. The highest BCUT2D eigenvalue weighted by molar-refractivity contribution is 4.76. The van der Waals surface area contributed by atoms with Crippen LogP contribution in [0.25, 0.3) is 0 Å². The lowest BCUT2D eigenvalue weighted by Gasteiger charge is -2.37. The summed E-state index contributed by atoms with van der Waals surface area (Å²) in [5, 5.41) is 0. The number of ether oxygens (including phenoxy) is 2. The summed E-state index contributed by atoms with van der Waals surface area (Å²) in [5.74, 6) is 0.0766. The van der Waals surface area contributed by atoms with E-state index in [2.05, 4.69) is 46.7 Å². The normalized spacial score (nSPS) is 13.7. The summed E-state index contributed by atoms with van der Waals surface area (Å²) in [6.07, 6.45) is 11.7. The molecule has 3 nitrogen and oxygen atoms in total. The van der Waals surface area contributed by atoms with Gasteiger partial charge in [-0.15, -0.1) is 0 Å². The predicted molar refractivity (Wildman–Crippen MR) is 101 cm³/mol. The van der Waals surface area contributed by atoms with Crippen LogP contribution in [0.4, 0.5) is 0 Å². The Labute approximate surface area is 146 Å². The van der Waals surface area contributed by atoms with Gasteiger partial charge in [0.2, 0.25) is 0 Å². The quantitative estimate of drug-likeness (QED) is 0.276. The lowest BCUT2D eigenvalue weighted by molar-refractivity contribution is -0.254. The minimum absolute atomic E-state index is 0.417. The molecule has 1 unspecified atom stereocenters. The van der Waals surface area contributed by atoms with E-state index in [0.29, 0.717) is 5.92 Å². The predicted octanol–water partition coefficient (Wildman–Crippen LogP) is 5.48. The molecule has 0 saturated heterocycles. The van der Waals surface area contributed by atoms with Crippen LogP contribution in [0.2, 0.25) is 0 Å². The molecule has 0 aromatic carbocycles. The summed E-state index contributed by atoms with van der Waals surface area (Å²) in [6.45, 7) is 11.1. The molecule has 0 radical (unpaired) electrons. The average molecular weight is 330 g/mol. The molecule has 0 saturated carbocycles. The van der Waals surface area contributed by atoms with Crippen LogP contribution in [0.3, 0.4) is 0 Å². The van der Waals surface area contributed by atoms with Crippen molar-refractivity contribution in [3.63, 3.8) is 0 Å². The molecule has 3 heteroatoms. The Bertz CT molecular complexity index is 250. The number of rotatable bonds is 16. The fourth-order valence-electron chi connectivity index (χ4n) is 3.34. The number of hydrogen-bond donors (Lipinski definition) is 0. The maximum absolute atomic E-state index is 6.05. The molecule has 0 bridgehead atoms. The summed E-state index contributed by atoms with van der Waals surface area (Å²) in [6, 6.07) is 0. The van der Waals surface area contributed by atoms with Crippen molar-refractivity contribution in [2.45, 2.75) is 91.3 Å². The first-order chi connectivity index (χ1) is 11.0. The Balaban J connectivity index is 4.45. The van der Waals surface area contributed by atoms with Gasteiger partial charge in [-0.05, 0) is 60.7 Å². The van der Waals surface area contributed by atoms with Gasteiger partial charge in [0.05, 0.1) is 0 Å². The van der Waals surface area contributed by atoms with Gasteiger partial charge in [-0.2, -0.15) is 0 Å². The Morgan fingerprint density at radius 3 is 1.83 bits per heavy atom. The van der Waals surface area contributed by atoms with Crippen molar-refractivity contribution in [2.24, 2.45) is 5.92 Å². The van der Waals surface area contributed by atoms with Gasteiger partial charge in [0.25, 0.3) is 0 Å². The zero-order valence-corrected chi connectivity index (χ0v) is 16.8. The van der Waals surface area contributed by atoms with Crippen molar-refractivity contribution < 1.29 is 9.47 Å². The Kier molecular flexibility index (Phi) is 14.2. The van der Waals surface area contributed by atoms with Crippen LogP contribution in [0, 0.1) is 5.92 Å². The van der Waals surface area contributed by atoms with Gasteiger partial charge in [0.15, 0.2) is 5.79 Å². The molecule has 0 aromatic rings. The highest BCUT2D eigenvalue weighted by Crippen LogP contribution is 2.32. The Morgan fingerprint density at radius 1 is 0.783 bits per heavy atom. The van der Waals surface area contributed by atoms with E-state index in [1.54, 1.807) is 0 Å². The van der Waals surface area contributed by atoms with Crippen LogP contribution >= 0.6 is 0 Å². The highest BCUT2D eigenvalue weighted by atomic mass is 16.7. The molecule has 0 amide bonds. The molecule has 0 fully saturated rings.